The fourth-order valence-corrected chi connectivity index (χ4v) is 2.29. The van der Waals surface area contributed by atoms with Crippen LogP contribution in [0.5, 0.6) is 0 Å². The predicted molar refractivity (Wildman–Crippen MR) is 75.7 cm³/mol. The van der Waals surface area contributed by atoms with Gasteiger partial charge in [-0.1, -0.05) is 34.1 Å². The lowest BCUT2D eigenvalue weighted by atomic mass is 10.0. The molecular weight excluding hydrogens is 310 g/mol. The van der Waals surface area contributed by atoms with Crippen LogP contribution in [-0.4, -0.2) is 16.1 Å². The van der Waals surface area contributed by atoms with Gasteiger partial charge < -0.3 is 10.1 Å². The van der Waals surface area contributed by atoms with Crippen molar-refractivity contribution in [1.29, 1.82) is 0 Å². The number of pyridine rings is 1. The summed E-state index contributed by atoms with van der Waals surface area (Å²) in [5.74, 6) is -1.04. The van der Waals surface area contributed by atoms with E-state index in [4.69, 9.17) is 5.11 Å². The number of aromatic carboxylic acids is 1. The second-order valence-electron chi connectivity index (χ2n) is 4.24. The molecule has 0 bridgehead atoms. The van der Waals surface area contributed by atoms with Gasteiger partial charge in [-0.3, -0.25) is 4.79 Å². The number of carbonyl (C=O) groups is 1. The van der Waals surface area contributed by atoms with Crippen LogP contribution in [0.15, 0.2) is 39.6 Å². The number of carboxylic acids is 1. The highest BCUT2D eigenvalue weighted by molar-refractivity contribution is 9.10. The summed E-state index contributed by atoms with van der Waals surface area (Å²) in [6.45, 7) is 1.58. The first kappa shape index (κ1) is 13.5. The van der Waals surface area contributed by atoms with Crippen molar-refractivity contribution in [2.75, 3.05) is 0 Å². The van der Waals surface area contributed by atoms with Crippen LogP contribution in [0.4, 0.5) is 0 Å². The van der Waals surface area contributed by atoms with Crippen molar-refractivity contribution in [3.8, 4) is 0 Å². The summed E-state index contributed by atoms with van der Waals surface area (Å²) in [5, 5.41) is 9.07. The maximum absolute atomic E-state index is 11.9. The van der Waals surface area contributed by atoms with E-state index in [0.717, 1.165) is 10.0 Å². The Kier molecular flexibility index (Phi) is 3.85. The number of nitrogens with one attached hydrogen (secondary N) is 1. The van der Waals surface area contributed by atoms with E-state index in [-0.39, 0.29) is 11.1 Å². The van der Waals surface area contributed by atoms with Gasteiger partial charge in [-0.2, -0.15) is 0 Å². The van der Waals surface area contributed by atoms with E-state index in [1.807, 2.05) is 24.3 Å². The summed E-state index contributed by atoms with van der Waals surface area (Å²) in [4.78, 5) is 25.5. The molecule has 0 amide bonds. The number of rotatable bonds is 3. The predicted octanol–water partition coefficient (Wildman–Crippen LogP) is 2.73. The second-order valence-corrected chi connectivity index (χ2v) is 5.09. The molecule has 1 aromatic heterocycles. The van der Waals surface area contributed by atoms with Gasteiger partial charge >= 0.3 is 5.97 Å². The third-order valence-corrected chi connectivity index (χ3v) is 3.66. The van der Waals surface area contributed by atoms with Crippen LogP contribution in [-0.2, 0) is 6.42 Å². The summed E-state index contributed by atoms with van der Waals surface area (Å²) in [5.41, 5.74) is 1.62. The van der Waals surface area contributed by atoms with E-state index in [1.54, 1.807) is 6.92 Å². The third kappa shape index (κ3) is 2.93. The van der Waals surface area contributed by atoms with Gasteiger partial charge in [0.25, 0.3) is 5.56 Å². The summed E-state index contributed by atoms with van der Waals surface area (Å²) < 4.78 is 0.895. The molecule has 0 aliphatic rings. The van der Waals surface area contributed by atoms with Gasteiger partial charge in [0.2, 0.25) is 0 Å². The number of H-pyrrole nitrogens is 1. The number of aryl methyl sites for hydroxylation is 1. The van der Waals surface area contributed by atoms with Crippen molar-refractivity contribution in [1.82, 2.24) is 4.98 Å². The Labute approximate surface area is 118 Å². The average molecular weight is 322 g/mol. The maximum atomic E-state index is 11.9. The molecule has 0 atom stereocenters. The van der Waals surface area contributed by atoms with Gasteiger partial charge in [0.1, 0.15) is 0 Å². The number of halogens is 1. The highest BCUT2D eigenvalue weighted by Crippen LogP contribution is 2.19. The van der Waals surface area contributed by atoms with Crippen LogP contribution >= 0.6 is 15.9 Å². The molecule has 1 heterocycles. The van der Waals surface area contributed by atoms with E-state index in [1.165, 1.54) is 6.07 Å². The Morgan fingerprint density at radius 3 is 2.63 bits per heavy atom. The highest BCUT2D eigenvalue weighted by atomic mass is 79.9. The third-order valence-electron chi connectivity index (χ3n) is 2.88. The van der Waals surface area contributed by atoms with Crippen LogP contribution in [0.1, 0.15) is 27.2 Å². The van der Waals surface area contributed by atoms with E-state index >= 15 is 0 Å². The zero-order valence-electron chi connectivity index (χ0n) is 10.2. The van der Waals surface area contributed by atoms with Gasteiger partial charge in [-0.15, -0.1) is 0 Å². The lowest BCUT2D eigenvalue weighted by Crippen LogP contribution is -2.17. The fraction of sp³-hybridized carbons (Fsp3) is 0.143. The highest BCUT2D eigenvalue weighted by Gasteiger charge is 2.12. The van der Waals surface area contributed by atoms with Crippen molar-refractivity contribution >= 4 is 21.9 Å². The first-order valence-corrected chi connectivity index (χ1v) is 6.48. The lowest BCUT2D eigenvalue weighted by molar-refractivity contribution is 0.0695. The van der Waals surface area contributed by atoms with E-state index in [9.17, 15) is 9.59 Å². The second kappa shape index (κ2) is 5.40. The molecule has 0 unspecified atom stereocenters. The maximum Gasteiger partial charge on any atom is 0.337 e. The van der Waals surface area contributed by atoms with Gasteiger partial charge in [-0.05, 0) is 24.6 Å². The number of aromatic nitrogens is 1. The van der Waals surface area contributed by atoms with Crippen LogP contribution in [0, 0.1) is 6.92 Å². The Bertz CT molecular complexity index is 691. The van der Waals surface area contributed by atoms with Crippen molar-refractivity contribution in [3.05, 3.63) is 67.5 Å². The van der Waals surface area contributed by atoms with E-state index in [0.29, 0.717) is 17.7 Å². The molecule has 5 heteroatoms. The normalized spacial score (nSPS) is 10.4. The summed E-state index contributed by atoms with van der Waals surface area (Å²) in [6, 6.07) is 8.98. The minimum absolute atomic E-state index is 0.127. The molecule has 19 heavy (non-hydrogen) atoms. The molecule has 0 fully saturated rings. The molecule has 0 spiro atoms. The SMILES string of the molecule is Cc1[nH]c(=O)c(Cc2ccccc2Br)cc1C(=O)O. The molecule has 4 nitrogen and oxygen atoms in total. The first-order valence-electron chi connectivity index (χ1n) is 5.68. The molecular formula is C14H12BrNO3. The van der Waals surface area contributed by atoms with Crippen LogP contribution < -0.4 is 5.56 Å². The number of carboxylic acid groups (broad SMARTS) is 1. The van der Waals surface area contributed by atoms with Crippen molar-refractivity contribution < 1.29 is 9.90 Å². The lowest BCUT2D eigenvalue weighted by Gasteiger charge is -2.06. The topological polar surface area (TPSA) is 70.2 Å². The van der Waals surface area contributed by atoms with Gasteiger partial charge in [0.05, 0.1) is 5.56 Å². The largest absolute Gasteiger partial charge is 0.478 e. The number of aromatic amines is 1. The summed E-state index contributed by atoms with van der Waals surface area (Å²) >= 11 is 3.41. The standard InChI is InChI=1S/C14H12BrNO3/c1-8-11(14(18)19)7-10(13(17)16-8)6-9-4-2-3-5-12(9)15/h2-5,7H,6H2,1H3,(H,16,17)(H,18,19). The molecule has 2 aromatic rings. The Hall–Kier alpha value is -1.88. The Morgan fingerprint density at radius 2 is 2.00 bits per heavy atom. The average Bonchev–Trinajstić information content (AvgIpc) is 2.34. The summed E-state index contributed by atoms with van der Waals surface area (Å²) in [6.07, 6.45) is 0.386. The molecule has 2 rings (SSSR count). The van der Waals surface area contributed by atoms with Gasteiger partial charge in [-0.25, -0.2) is 4.79 Å². The van der Waals surface area contributed by atoms with Crippen molar-refractivity contribution in [2.24, 2.45) is 0 Å². The number of hydrogen-bond acceptors (Lipinski definition) is 2. The minimum Gasteiger partial charge on any atom is -0.478 e. The molecule has 0 aliphatic carbocycles. The smallest absolute Gasteiger partial charge is 0.337 e. The molecule has 0 radical (unpaired) electrons. The molecule has 0 saturated carbocycles. The van der Waals surface area contributed by atoms with Gasteiger partial charge in [0.15, 0.2) is 0 Å². The molecule has 1 aromatic carbocycles. The minimum atomic E-state index is -1.04. The molecule has 0 saturated heterocycles. The summed E-state index contributed by atoms with van der Waals surface area (Å²) in [7, 11) is 0. The van der Waals surface area contributed by atoms with E-state index < -0.39 is 5.97 Å². The van der Waals surface area contributed by atoms with Gasteiger partial charge in [0, 0.05) is 22.2 Å². The quantitative estimate of drug-likeness (QED) is 0.913. The monoisotopic (exact) mass is 321 g/mol. The number of hydrogen-bond donors (Lipinski definition) is 2. The molecule has 98 valence electrons. The number of benzene rings is 1. The molecule has 2 N–H and O–H groups in total. The van der Waals surface area contributed by atoms with Crippen molar-refractivity contribution in [2.45, 2.75) is 13.3 Å². The van der Waals surface area contributed by atoms with Crippen molar-refractivity contribution in [3.63, 3.8) is 0 Å². The molecule has 0 aliphatic heterocycles. The fourth-order valence-electron chi connectivity index (χ4n) is 1.87. The van der Waals surface area contributed by atoms with Crippen LogP contribution in [0.3, 0.4) is 0 Å². The zero-order chi connectivity index (χ0) is 14.0. The van der Waals surface area contributed by atoms with Crippen LogP contribution in [0.25, 0.3) is 0 Å². The zero-order valence-corrected chi connectivity index (χ0v) is 11.8. The first-order chi connectivity index (χ1) is 8.99. The Morgan fingerprint density at radius 1 is 1.32 bits per heavy atom. The van der Waals surface area contributed by atoms with E-state index in [2.05, 4.69) is 20.9 Å². The Balaban J connectivity index is 2.46. The van der Waals surface area contributed by atoms with Crippen LogP contribution in [0.2, 0.25) is 0 Å².